The zero-order valence-electron chi connectivity index (χ0n) is 8.31. The molecule has 4 nitrogen and oxygen atoms in total. The van der Waals surface area contributed by atoms with Gasteiger partial charge in [-0.15, -0.1) is 24.2 Å². The number of nitrogens with zero attached hydrogens (tertiary/aromatic N) is 2. The highest BCUT2D eigenvalue weighted by Gasteiger charge is 2.26. The lowest BCUT2D eigenvalue weighted by molar-refractivity contribution is 0.346. The zero-order chi connectivity index (χ0) is 9.38. The maximum atomic E-state index is 5.24. The first kappa shape index (κ1) is 11.2. The average Bonchev–Trinajstić information content (AvgIpc) is 2.71. The fraction of sp³-hybridized carbons (Fsp3) is 0.778. The van der Waals surface area contributed by atoms with Crippen LogP contribution < -0.4 is 5.32 Å². The van der Waals surface area contributed by atoms with Gasteiger partial charge in [-0.2, -0.15) is 4.98 Å². The SMILES string of the molecule is C1NC(c2nc(CC3CC3)no2)CS1.Cl. The summed E-state index contributed by atoms with van der Waals surface area (Å²) in [6, 6.07) is 0.278. The van der Waals surface area contributed by atoms with Gasteiger partial charge in [0, 0.05) is 18.1 Å². The van der Waals surface area contributed by atoms with E-state index in [-0.39, 0.29) is 18.4 Å². The molecule has 0 aromatic carbocycles. The van der Waals surface area contributed by atoms with Gasteiger partial charge in [-0.25, -0.2) is 0 Å². The van der Waals surface area contributed by atoms with Crippen molar-refractivity contribution in [2.45, 2.75) is 25.3 Å². The molecule has 1 saturated carbocycles. The van der Waals surface area contributed by atoms with Gasteiger partial charge in [0.05, 0.1) is 6.04 Å². The van der Waals surface area contributed by atoms with Gasteiger partial charge in [0.2, 0.25) is 5.89 Å². The first-order chi connectivity index (χ1) is 6.92. The number of halogens is 1. The molecule has 15 heavy (non-hydrogen) atoms. The molecule has 1 unspecified atom stereocenters. The number of thioether (sulfide) groups is 1. The van der Waals surface area contributed by atoms with Gasteiger partial charge >= 0.3 is 0 Å². The van der Waals surface area contributed by atoms with Crippen molar-refractivity contribution >= 4 is 24.2 Å². The summed E-state index contributed by atoms with van der Waals surface area (Å²) in [6.45, 7) is 0. The first-order valence-electron chi connectivity index (χ1n) is 5.05. The number of hydrogen-bond donors (Lipinski definition) is 1. The molecule has 2 aliphatic rings. The van der Waals surface area contributed by atoms with Crippen LogP contribution in [0.2, 0.25) is 0 Å². The second kappa shape index (κ2) is 4.72. The van der Waals surface area contributed by atoms with Gasteiger partial charge in [-0.1, -0.05) is 5.16 Å². The van der Waals surface area contributed by atoms with Crippen LogP contribution in [0.3, 0.4) is 0 Å². The Labute approximate surface area is 99.0 Å². The van der Waals surface area contributed by atoms with Crippen LogP contribution in [-0.2, 0) is 6.42 Å². The van der Waals surface area contributed by atoms with Crippen molar-refractivity contribution in [2.75, 3.05) is 11.6 Å². The first-order valence-corrected chi connectivity index (χ1v) is 6.21. The minimum atomic E-state index is 0. The van der Waals surface area contributed by atoms with E-state index in [1.807, 2.05) is 11.8 Å². The third kappa shape index (κ3) is 2.65. The molecule has 6 heteroatoms. The predicted molar refractivity (Wildman–Crippen MR) is 61.2 cm³/mol. The van der Waals surface area contributed by atoms with Gasteiger partial charge in [0.25, 0.3) is 0 Å². The molecule has 0 spiro atoms. The lowest BCUT2D eigenvalue weighted by Gasteiger charge is -2.00. The largest absolute Gasteiger partial charge is 0.338 e. The van der Waals surface area contributed by atoms with E-state index in [1.54, 1.807) is 0 Å². The molecular weight excluding hydrogens is 234 g/mol. The molecule has 84 valence electrons. The van der Waals surface area contributed by atoms with Crippen LogP contribution in [0, 0.1) is 5.92 Å². The number of hydrogen-bond acceptors (Lipinski definition) is 5. The number of rotatable bonds is 3. The second-order valence-electron chi connectivity index (χ2n) is 3.97. The van der Waals surface area contributed by atoms with Gasteiger partial charge in [-0.3, -0.25) is 5.32 Å². The lowest BCUT2D eigenvalue weighted by atomic mass is 10.3. The van der Waals surface area contributed by atoms with Gasteiger partial charge < -0.3 is 4.52 Å². The van der Waals surface area contributed by atoms with Crippen molar-refractivity contribution in [1.29, 1.82) is 0 Å². The van der Waals surface area contributed by atoms with E-state index in [2.05, 4.69) is 15.5 Å². The summed E-state index contributed by atoms with van der Waals surface area (Å²) < 4.78 is 5.24. The Bertz CT molecular complexity index is 323. The molecule has 1 saturated heterocycles. The third-order valence-electron chi connectivity index (χ3n) is 2.67. The van der Waals surface area contributed by atoms with Crippen molar-refractivity contribution in [3.8, 4) is 0 Å². The van der Waals surface area contributed by atoms with E-state index in [4.69, 9.17) is 4.52 Å². The van der Waals surface area contributed by atoms with E-state index in [0.29, 0.717) is 0 Å². The topological polar surface area (TPSA) is 51.0 Å². The Morgan fingerprint density at radius 1 is 1.47 bits per heavy atom. The van der Waals surface area contributed by atoms with Gasteiger partial charge in [0.1, 0.15) is 0 Å². The Morgan fingerprint density at radius 3 is 3.00 bits per heavy atom. The standard InChI is InChI=1S/C9H13N3OS.ClH/c1-2-6(1)3-8-11-9(13-12-8)7-4-14-5-10-7;/h6-7,10H,1-5H2;1H. The summed E-state index contributed by atoms with van der Waals surface area (Å²) in [5.41, 5.74) is 0. The van der Waals surface area contributed by atoms with Crippen LogP contribution in [0.15, 0.2) is 4.52 Å². The van der Waals surface area contributed by atoms with Crippen LogP contribution in [0.25, 0.3) is 0 Å². The highest BCUT2D eigenvalue weighted by atomic mass is 35.5. The minimum Gasteiger partial charge on any atom is -0.338 e. The summed E-state index contributed by atoms with van der Waals surface area (Å²) in [5, 5.41) is 7.33. The Balaban J connectivity index is 0.000000853. The highest BCUT2D eigenvalue weighted by Crippen LogP contribution is 2.32. The van der Waals surface area contributed by atoms with Gasteiger partial charge in [0.15, 0.2) is 5.82 Å². The summed E-state index contributed by atoms with van der Waals surface area (Å²) in [4.78, 5) is 4.42. The van der Waals surface area contributed by atoms with Crippen molar-refractivity contribution in [2.24, 2.45) is 5.92 Å². The molecule has 1 atom stereocenters. The molecular formula is C9H14ClN3OS. The Hall–Kier alpha value is -0.260. The summed E-state index contributed by atoms with van der Waals surface area (Å²) in [6.07, 6.45) is 3.67. The Kier molecular flexibility index (Phi) is 3.53. The maximum Gasteiger partial charge on any atom is 0.244 e. The van der Waals surface area contributed by atoms with Crippen molar-refractivity contribution in [3.63, 3.8) is 0 Å². The third-order valence-corrected chi connectivity index (χ3v) is 3.61. The van der Waals surface area contributed by atoms with Crippen LogP contribution in [0.4, 0.5) is 0 Å². The maximum absolute atomic E-state index is 5.24. The molecule has 1 aromatic rings. The van der Waals surface area contributed by atoms with Crippen molar-refractivity contribution < 1.29 is 4.52 Å². The molecule has 0 bridgehead atoms. The van der Waals surface area contributed by atoms with Crippen LogP contribution >= 0.6 is 24.2 Å². The summed E-state index contributed by atoms with van der Waals surface area (Å²) >= 11 is 1.87. The average molecular weight is 248 g/mol. The van der Waals surface area contributed by atoms with E-state index in [1.165, 1.54) is 12.8 Å². The molecule has 0 radical (unpaired) electrons. The minimum absolute atomic E-state index is 0. The molecule has 1 aliphatic heterocycles. The van der Waals surface area contributed by atoms with E-state index >= 15 is 0 Å². The lowest BCUT2D eigenvalue weighted by Crippen LogP contribution is -2.14. The number of aromatic nitrogens is 2. The molecule has 1 aromatic heterocycles. The van der Waals surface area contributed by atoms with Gasteiger partial charge in [-0.05, 0) is 18.8 Å². The van der Waals surface area contributed by atoms with E-state index in [9.17, 15) is 0 Å². The van der Waals surface area contributed by atoms with Crippen molar-refractivity contribution in [1.82, 2.24) is 15.5 Å². The summed E-state index contributed by atoms with van der Waals surface area (Å²) in [5.74, 6) is 4.52. The van der Waals surface area contributed by atoms with Crippen molar-refractivity contribution in [3.05, 3.63) is 11.7 Å². The van der Waals surface area contributed by atoms with Crippen LogP contribution in [0.5, 0.6) is 0 Å². The fourth-order valence-corrected chi connectivity index (χ4v) is 2.56. The molecule has 1 N–H and O–H groups in total. The smallest absolute Gasteiger partial charge is 0.244 e. The van der Waals surface area contributed by atoms with Crippen LogP contribution in [0.1, 0.15) is 30.6 Å². The second-order valence-corrected chi connectivity index (χ2v) is 5.00. The molecule has 2 heterocycles. The van der Waals surface area contributed by atoms with Crippen LogP contribution in [-0.4, -0.2) is 21.8 Å². The normalized spacial score (nSPS) is 25.2. The highest BCUT2D eigenvalue weighted by molar-refractivity contribution is 7.99. The predicted octanol–water partition coefficient (Wildman–Crippen LogP) is 1.78. The quantitative estimate of drug-likeness (QED) is 0.883. The molecule has 0 amide bonds. The fourth-order valence-electron chi connectivity index (χ4n) is 1.63. The molecule has 1 aliphatic carbocycles. The van der Waals surface area contributed by atoms with E-state index < -0.39 is 0 Å². The molecule has 2 fully saturated rings. The molecule has 3 rings (SSSR count). The zero-order valence-corrected chi connectivity index (χ0v) is 9.94. The summed E-state index contributed by atoms with van der Waals surface area (Å²) in [7, 11) is 0. The van der Waals surface area contributed by atoms with E-state index in [0.717, 1.165) is 35.7 Å². The monoisotopic (exact) mass is 247 g/mol. The number of nitrogens with one attached hydrogen (secondary N) is 1. The Morgan fingerprint density at radius 2 is 2.33 bits per heavy atom.